The van der Waals surface area contributed by atoms with Crippen LogP contribution in [0.1, 0.15) is 36.6 Å². The second kappa shape index (κ2) is 12.2. The Hall–Kier alpha value is -5.03. The van der Waals surface area contributed by atoms with Gasteiger partial charge in [0, 0.05) is 5.70 Å². The van der Waals surface area contributed by atoms with Crippen molar-refractivity contribution in [1.82, 2.24) is 4.57 Å². The average molecular weight is 586 g/mol. The predicted octanol–water partition coefficient (Wildman–Crippen LogP) is 4.40. The fourth-order valence-electron chi connectivity index (χ4n) is 4.69. The first kappa shape index (κ1) is 28.5. The molecule has 0 aliphatic carbocycles. The molecule has 0 bridgehead atoms. The number of carbonyl (C=O) groups excluding carboxylic acids is 1. The maximum Gasteiger partial charge on any atom is 0.338 e. The van der Waals surface area contributed by atoms with E-state index in [0.717, 1.165) is 22.5 Å². The third-order valence-electron chi connectivity index (χ3n) is 6.68. The van der Waals surface area contributed by atoms with E-state index < -0.39 is 16.9 Å². The molecule has 1 aromatic heterocycles. The van der Waals surface area contributed by atoms with Crippen molar-refractivity contribution >= 4 is 34.8 Å². The minimum atomic E-state index is -1.14. The molecule has 0 spiro atoms. The third kappa shape index (κ3) is 5.59. The molecule has 0 N–H and O–H groups in total. The van der Waals surface area contributed by atoms with Crippen LogP contribution in [0.25, 0.3) is 11.8 Å². The molecule has 4 aromatic rings. The highest BCUT2D eigenvalue weighted by Crippen LogP contribution is 2.43. The smallest absolute Gasteiger partial charge is 0.338 e. The Morgan fingerprint density at radius 3 is 2.43 bits per heavy atom. The maximum absolute atomic E-state index is 13.5. The fraction of sp³-hybridized carbons (Fsp3) is 0.194. The Labute approximate surface area is 244 Å². The van der Waals surface area contributed by atoms with Crippen molar-refractivity contribution in [1.29, 1.82) is 0 Å². The number of fused-ring (bicyclic) bond motifs is 1. The van der Waals surface area contributed by atoms with Gasteiger partial charge in [0.05, 0.1) is 40.4 Å². The quantitative estimate of drug-likeness (QED) is 0.162. The van der Waals surface area contributed by atoms with Gasteiger partial charge in [-0.15, -0.1) is 0 Å². The minimum absolute atomic E-state index is 0.0265. The SMILES string of the molecule is CCOC(=O)C1=C(C)n2c(s/c(=C\c3ccccc3)c2=O)=N[C@@H]1c1cc(OC)c(OCc2ccccc2)cc1[N+](=O)[O-]. The molecule has 11 heteroatoms. The summed E-state index contributed by atoms with van der Waals surface area (Å²) in [5, 5.41) is 12.4. The zero-order chi connectivity index (χ0) is 29.8. The molecule has 0 radical (unpaired) electrons. The predicted molar refractivity (Wildman–Crippen MR) is 158 cm³/mol. The van der Waals surface area contributed by atoms with Crippen molar-refractivity contribution in [3.63, 3.8) is 0 Å². The summed E-state index contributed by atoms with van der Waals surface area (Å²) in [6.45, 7) is 3.50. The molecule has 1 aliphatic rings. The number of hydrogen-bond donors (Lipinski definition) is 0. The zero-order valence-electron chi connectivity index (χ0n) is 23.1. The van der Waals surface area contributed by atoms with E-state index in [1.165, 1.54) is 23.8 Å². The minimum Gasteiger partial charge on any atom is -0.493 e. The summed E-state index contributed by atoms with van der Waals surface area (Å²) >= 11 is 1.14. The second-order valence-electron chi connectivity index (χ2n) is 9.29. The van der Waals surface area contributed by atoms with Crippen LogP contribution in [-0.4, -0.2) is 29.2 Å². The molecule has 3 aromatic carbocycles. The van der Waals surface area contributed by atoms with Gasteiger partial charge >= 0.3 is 5.97 Å². The van der Waals surface area contributed by atoms with Crippen molar-refractivity contribution in [3.05, 3.63) is 125 Å². The Morgan fingerprint density at radius 2 is 1.79 bits per heavy atom. The number of benzene rings is 3. The molecule has 1 aliphatic heterocycles. The molecular formula is C31H27N3O7S. The van der Waals surface area contributed by atoms with E-state index in [1.807, 2.05) is 60.7 Å². The van der Waals surface area contributed by atoms with Crippen LogP contribution in [0.5, 0.6) is 11.5 Å². The summed E-state index contributed by atoms with van der Waals surface area (Å²) < 4.78 is 18.5. The van der Waals surface area contributed by atoms with E-state index in [0.29, 0.717) is 9.33 Å². The normalized spacial score (nSPS) is 14.6. The molecule has 0 unspecified atom stereocenters. The number of nitrogens with zero attached hydrogens (tertiary/aromatic N) is 3. The highest BCUT2D eigenvalue weighted by molar-refractivity contribution is 7.07. The summed E-state index contributed by atoms with van der Waals surface area (Å²) in [6.07, 6.45) is 1.74. The van der Waals surface area contributed by atoms with Crippen LogP contribution in [0.3, 0.4) is 0 Å². The van der Waals surface area contributed by atoms with Gasteiger partial charge in [-0.05, 0) is 37.1 Å². The lowest BCUT2D eigenvalue weighted by Gasteiger charge is -2.23. The number of rotatable bonds is 9. The van der Waals surface area contributed by atoms with Crippen molar-refractivity contribution in [2.75, 3.05) is 13.7 Å². The first-order chi connectivity index (χ1) is 20.3. The fourth-order valence-corrected chi connectivity index (χ4v) is 5.73. The monoisotopic (exact) mass is 585 g/mol. The highest BCUT2D eigenvalue weighted by atomic mass is 32.1. The largest absolute Gasteiger partial charge is 0.493 e. The molecule has 0 saturated carbocycles. The summed E-state index contributed by atoms with van der Waals surface area (Å²) in [5.74, 6) is -0.327. The average Bonchev–Trinajstić information content (AvgIpc) is 3.31. The number of nitro benzene ring substituents is 1. The van der Waals surface area contributed by atoms with Gasteiger partial charge in [0.15, 0.2) is 16.3 Å². The van der Waals surface area contributed by atoms with Gasteiger partial charge in [-0.25, -0.2) is 9.79 Å². The molecule has 1 atom stereocenters. The summed E-state index contributed by atoms with van der Waals surface area (Å²) in [6, 6.07) is 20.3. The molecule has 42 heavy (non-hydrogen) atoms. The van der Waals surface area contributed by atoms with E-state index in [4.69, 9.17) is 19.2 Å². The molecule has 0 saturated heterocycles. The number of hydrogen-bond acceptors (Lipinski definition) is 9. The van der Waals surface area contributed by atoms with Crippen LogP contribution in [0.4, 0.5) is 5.69 Å². The van der Waals surface area contributed by atoms with Gasteiger partial charge in [-0.1, -0.05) is 72.0 Å². The number of nitro groups is 1. The van der Waals surface area contributed by atoms with Crippen LogP contribution in [0.15, 0.2) is 88.2 Å². The number of methoxy groups -OCH3 is 1. The van der Waals surface area contributed by atoms with Crippen molar-refractivity contribution < 1.29 is 23.9 Å². The first-order valence-corrected chi connectivity index (χ1v) is 13.9. The van der Waals surface area contributed by atoms with Crippen LogP contribution in [0.2, 0.25) is 0 Å². The molecule has 0 fully saturated rings. The van der Waals surface area contributed by atoms with Crippen molar-refractivity contribution in [3.8, 4) is 11.5 Å². The summed E-state index contributed by atoms with van der Waals surface area (Å²) in [5.41, 5.74) is 1.45. The molecular weight excluding hydrogens is 558 g/mol. The second-order valence-corrected chi connectivity index (χ2v) is 10.3. The van der Waals surface area contributed by atoms with Gasteiger partial charge in [-0.2, -0.15) is 0 Å². The lowest BCUT2D eigenvalue weighted by atomic mass is 9.94. The zero-order valence-corrected chi connectivity index (χ0v) is 23.9. The van der Waals surface area contributed by atoms with E-state index in [1.54, 1.807) is 19.9 Å². The summed E-state index contributed by atoms with van der Waals surface area (Å²) in [7, 11) is 1.42. The number of ether oxygens (including phenoxy) is 3. The van der Waals surface area contributed by atoms with E-state index in [9.17, 15) is 19.7 Å². The molecule has 10 nitrogen and oxygen atoms in total. The Balaban J connectivity index is 1.69. The highest BCUT2D eigenvalue weighted by Gasteiger charge is 2.36. The van der Waals surface area contributed by atoms with E-state index in [2.05, 4.69) is 0 Å². The van der Waals surface area contributed by atoms with Crippen molar-refractivity contribution in [2.45, 2.75) is 26.5 Å². The van der Waals surface area contributed by atoms with Crippen LogP contribution in [-0.2, 0) is 16.1 Å². The first-order valence-electron chi connectivity index (χ1n) is 13.1. The van der Waals surface area contributed by atoms with Gasteiger partial charge < -0.3 is 14.2 Å². The molecule has 5 rings (SSSR count). The Kier molecular flexibility index (Phi) is 8.30. The number of aromatic nitrogens is 1. The number of thiazole rings is 1. The number of carbonyl (C=O) groups is 1. The van der Waals surface area contributed by atoms with Crippen molar-refractivity contribution in [2.24, 2.45) is 4.99 Å². The molecule has 2 heterocycles. The van der Waals surface area contributed by atoms with Gasteiger partial charge in [0.2, 0.25) is 0 Å². The Bertz CT molecular complexity index is 1860. The number of esters is 1. The summed E-state index contributed by atoms with van der Waals surface area (Å²) in [4.78, 5) is 43.6. The Morgan fingerprint density at radius 1 is 1.10 bits per heavy atom. The molecule has 214 valence electrons. The lowest BCUT2D eigenvalue weighted by Crippen LogP contribution is -2.35. The van der Waals surface area contributed by atoms with E-state index >= 15 is 0 Å². The lowest BCUT2D eigenvalue weighted by molar-refractivity contribution is -0.385. The van der Waals surface area contributed by atoms with Crippen LogP contribution < -0.4 is 24.4 Å². The van der Waals surface area contributed by atoms with Gasteiger partial charge in [0.25, 0.3) is 11.2 Å². The third-order valence-corrected chi connectivity index (χ3v) is 7.66. The number of allylic oxidation sites excluding steroid dienone is 1. The standard InChI is InChI=1S/C31H27N3O7S/c1-4-40-30(36)27-19(2)33-29(35)26(15-20-11-7-5-8-12-20)42-31(33)32-28(27)22-16-24(39-3)25(17-23(22)34(37)38)41-18-21-13-9-6-10-14-21/h5-17,28H,4,18H2,1-3H3/b26-15-/t28-/m1/s1. The van der Waals surface area contributed by atoms with E-state index in [-0.39, 0.29) is 52.8 Å². The topological polar surface area (TPSA) is 122 Å². The molecule has 0 amide bonds. The van der Waals surface area contributed by atoms with Gasteiger partial charge in [-0.3, -0.25) is 19.5 Å². The maximum atomic E-state index is 13.5. The van der Waals surface area contributed by atoms with Crippen LogP contribution in [0, 0.1) is 10.1 Å². The van der Waals surface area contributed by atoms with Crippen LogP contribution >= 0.6 is 11.3 Å². The van der Waals surface area contributed by atoms with Gasteiger partial charge in [0.1, 0.15) is 12.6 Å².